The molecule has 2 aromatic carbocycles. The fraction of sp³-hybridized carbons (Fsp3) is 0.480. The number of benzene rings is 2. The zero-order chi connectivity index (χ0) is 23.2. The van der Waals surface area contributed by atoms with E-state index in [-0.39, 0.29) is 0 Å². The maximum atomic E-state index is 11.8. The third kappa shape index (κ3) is 10.5. The second-order valence-corrected chi connectivity index (χ2v) is 8.15. The van der Waals surface area contributed by atoms with Crippen LogP contribution in [0.1, 0.15) is 31.9 Å². The zero-order valence-electron chi connectivity index (χ0n) is 19.5. The van der Waals surface area contributed by atoms with Crippen molar-refractivity contribution in [1.82, 2.24) is 5.32 Å². The number of nitrogens with one attached hydrogen (secondary N) is 1. The molecular formula is C25H35NO6. The van der Waals surface area contributed by atoms with Crippen molar-refractivity contribution in [3.63, 3.8) is 0 Å². The molecule has 0 aromatic heterocycles. The first-order chi connectivity index (χ1) is 15.4. The molecule has 0 bridgehead atoms. The summed E-state index contributed by atoms with van der Waals surface area (Å²) in [6.07, 6.45) is 0.144. The van der Waals surface area contributed by atoms with Crippen molar-refractivity contribution < 1.29 is 28.5 Å². The quantitative estimate of drug-likeness (QED) is 0.462. The van der Waals surface area contributed by atoms with Gasteiger partial charge in [-0.25, -0.2) is 4.79 Å². The number of hydrogen-bond donors (Lipinski definition) is 1. The van der Waals surface area contributed by atoms with Crippen molar-refractivity contribution in [2.24, 2.45) is 0 Å². The van der Waals surface area contributed by atoms with Gasteiger partial charge >= 0.3 is 6.09 Å². The van der Waals surface area contributed by atoms with Gasteiger partial charge in [0, 0.05) is 6.54 Å². The van der Waals surface area contributed by atoms with Crippen LogP contribution in [0.5, 0.6) is 11.5 Å². The van der Waals surface area contributed by atoms with Crippen LogP contribution >= 0.6 is 0 Å². The Bertz CT molecular complexity index is 804. The van der Waals surface area contributed by atoms with Gasteiger partial charge in [-0.1, -0.05) is 30.3 Å². The van der Waals surface area contributed by atoms with Crippen LogP contribution in [0.3, 0.4) is 0 Å². The summed E-state index contributed by atoms with van der Waals surface area (Å²) < 4.78 is 27.6. The molecule has 0 spiro atoms. The Hall–Kier alpha value is -2.77. The van der Waals surface area contributed by atoms with Crippen molar-refractivity contribution in [2.45, 2.75) is 39.4 Å². The molecule has 7 nitrogen and oxygen atoms in total. The van der Waals surface area contributed by atoms with E-state index in [1.54, 1.807) is 7.11 Å². The van der Waals surface area contributed by atoms with Crippen LogP contribution in [0.25, 0.3) is 0 Å². The number of alkyl carbamates (subject to hydrolysis) is 1. The van der Waals surface area contributed by atoms with Gasteiger partial charge in [0.25, 0.3) is 0 Å². The predicted molar refractivity (Wildman–Crippen MR) is 123 cm³/mol. The van der Waals surface area contributed by atoms with E-state index in [1.807, 2.05) is 69.3 Å². The van der Waals surface area contributed by atoms with E-state index in [1.165, 1.54) is 0 Å². The average Bonchev–Trinajstić information content (AvgIpc) is 2.75. The third-order valence-electron chi connectivity index (χ3n) is 4.30. The minimum atomic E-state index is -0.527. The predicted octanol–water partition coefficient (Wildman–Crippen LogP) is 4.37. The molecule has 0 aliphatic carbocycles. The molecule has 0 aliphatic heterocycles. The lowest BCUT2D eigenvalue weighted by molar-refractivity contribution is 0.0302. The molecule has 176 valence electrons. The van der Waals surface area contributed by atoms with Crippen LogP contribution in [0, 0.1) is 0 Å². The lowest BCUT2D eigenvalue weighted by atomic mass is 10.1. The average molecular weight is 446 g/mol. The van der Waals surface area contributed by atoms with E-state index in [0.29, 0.717) is 46.0 Å². The molecule has 0 atom stereocenters. The van der Waals surface area contributed by atoms with Crippen molar-refractivity contribution in [3.05, 3.63) is 59.7 Å². The normalized spacial score (nSPS) is 11.1. The molecule has 1 amide bonds. The highest BCUT2D eigenvalue weighted by Gasteiger charge is 2.16. The maximum Gasteiger partial charge on any atom is 0.407 e. The van der Waals surface area contributed by atoms with Gasteiger partial charge in [-0.2, -0.15) is 0 Å². The van der Waals surface area contributed by atoms with Crippen LogP contribution in [0.4, 0.5) is 4.79 Å². The fourth-order valence-corrected chi connectivity index (χ4v) is 2.83. The first kappa shape index (κ1) is 25.5. The van der Waals surface area contributed by atoms with Gasteiger partial charge in [-0.05, 0) is 56.5 Å². The molecule has 7 heteroatoms. The second-order valence-electron chi connectivity index (χ2n) is 8.15. The molecule has 0 heterocycles. The summed E-state index contributed by atoms with van der Waals surface area (Å²) in [5, 5.41) is 2.76. The van der Waals surface area contributed by atoms with E-state index in [9.17, 15) is 4.79 Å². The Balaban J connectivity index is 1.68. The van der Waals surface area contributed by atoms with Gasteiger partial charge < -0.3 is 29.0 Å². The van der Waals surface area contributed by atoms with E-state index in [0.717, 1.165) is 22.6 Å². The number of hydrogen-bond acceptors (Lipinski definition) is 6. The van der Waals surface area contributed by atoms with Gasteiger partial charge in [-0.15, -0.1) is 0 Å². The van der Waals surface area contributed by atoms with Crippen LogP contribution in [0.2, 0.25) is 0 Å². The third-order valence-corrected chi connectivity index (χ3v) is 4.30. The SMILES string of the molecule is COc1ccc(OCCOCCOCc2ccccc2)c(CCNC(=O)OC(C)(C)C)c1. The summed E-state index contributed by atoms with van der Waals surface area (Å²) in [6.45, 7) is 8.40. The van der Waals surface area contributed by atoms with Gasteiger partial charge in [0.2, 0.25) is 0 Å². The smallest absolute Gasteiger partial charge is 0.407 e. The maximum absolute atomic E-state index is 11.8. The highest BCUT2D eigenvalue weighted by Crippen LogP contribution is 2.24. The Labute approximate surface area is 191 Å². The van der Waals surface area contributed by atoms with Crippen LogP contribution in [0.15, 0.2) is 48.5 Å². The number of amides is 1. The molecule has 0 aliphatic rings. The summed E-state index contributed by atoms with van der Waals surface area (Å²) >= 11 is 0. The van der Waals surface area contributed by atoms with Crippen LogP contribution < -0.4 is 14.8 Å². The van der Waals surface area contributed by atoms with Crippen molar-refractivity contribution >= 4 is 6.09 Å². The topological polar surface area (TPSA) is 75.3 Å². The highest BCUT2D eigenvalue weighted by atomic mass is 16.6. The minimum Gasteiger partial charge on any atom is -0.497 e. The molecule has 0 saturated heterocycles. The number of carbonyl (C=O) groups excluding carboxylic acids is 1. The van der Waals surface area contributed by atoms with Crippen molar-refractivity contribution in [1.29, 1.82) is 0 Å². The van der Waals surface area contributed by atoms with E-state index >= 15 is 0 Å². The summed E-state index contributed by atoms with van der Waals surface area (Å²) in [5.74, 6) is 1.47. The monoisotopic (exact) mass is 445 g/mol. The first-order valence-electron chi connectivity index (χ1n) is 10.8. The van der Waals surface area contributed by atoms with E-state index < -0.39 is 11.7 Å². The summed E-state index contributed by atoms with van der Waals surface area (Å²) in [5.41, 5.74) is 1.55. The number of rotatable bonds is 13. The second kappa shape index (κ2) is 13.6. The standard InChI is InChI=1S/C25H35NO6/c1-25(2,3)32-24(27)26-13-12-21-18-22(28-4)10-11-23(21)31-17-16-29-14-15-30-19-20-8-6-5-7-9-20/h5-11,18H,12-17,19H2,1-4H3,(H,26,27). The Morgan fingerprint density at radius 1 is 0.938 bits per heavy atom. The minimum absolute atomic E-state index is 0.414. The molecule has 2 rings (SSSR count). The molecule has 32 heavy (non-hydrogen) atoms. The Morgan fingerprint density at radius 2 is 1.66 bits per heavy atom. The fourth-order valence-electron chi connectivity index (χ4n) is 2.83. The highest BCUT2D eigenvalue weighted by molar-refractivity contribution is 5.67. The zero-order valence-corrected chi connectivity index (χ0v) is 19.5. The molecule has 1 N–H and O–H groups in total. The molecule has 0 unspecified atom stereocenters. The van der Waals surface area contributed by atoms with E-state index in [2.05, 4.69) is 5.32 Å². The van der Waals surface area contributed by atoms with Crippen molar-refractivity contribution in [3.8, 4) is 11.5 Å². The van der Waals surface area contributed by atoms with Gasteiger partial charge in [-0.3, -0.25) is 0 Å². The number of methoxy groups -OCH3 is 1. The van der Waals surface area contributed by atoms with Gasteiger partial charge in [0.1, 0.15) is 23.7 Å². The van der Waals surface area contributed by atoms with Crippen molar-refractivity contribution in [2.75, 3.05) is 40.1 Å². The first-order valence-corrected chi connectivity index (χ1v) is 10.8. The van der Waals surface area contributed by atoms with Crippen LogP contribution in [-0.2, 0) is 27.2 Å². The van der Waals surface area contributed by atoms with Gasteiger partial charge in [0.05, 0.1) is 33.5 Å². The summed E-state index contributed by atoms with van der Waals surface area (Å²) in [4.78, 5) is 11.8. The summed E-state index contributed by atoms with van der Waals surface area (Å²) in [7, 11) is 1.62. The summed E-state index contributed by atoms with van der Waals surface area (Å²) in [6, 6.07) is 15.7. The Morgan fingerprint density at radius 3 is 2.38 bits per heavy atom. The Kier molecular flexibility index (Phi) is 10.8. The molecule has 0 saturated carbocycles. The van der Waals surface area contributed by atoms with E-state index in [4.69, 9.17) is 23.7 Å². The van der Waals surface area contributed by atoms with Gasteiger partial charge in [0.15, 0.2) is 0 Å². The number of ether oxygens (including phenoxy) is 5. The lowest BCUT2D eigenvalue weighted by Gasteiger charge is -2.20. The molecule has 0 fully saturated rings. The lowest BCUT2D eigenvalue weighted by Crippen LogP contribution is -2.33. The molecule has 0 radical (unpaired) electrons. The number of carbonyl (C=O) groups is 1. The van der Waals surface area contributed by atoms with Crippen LogP contribution in [-0.4, -0.2) is 51.8 Å². The molecular weight excluding hydrogens is 410 g/mol. The molecule has 2 aromatic rings. The largest absolute Gasteiger partial charge is 0.497 e.